The minimum atomic E-state index is -1.31. The highest BCUT2D eigenvalue weighted by Gasteiger charge is 2.43. The fraction of sp³-hybridized carbons (Fsp3) is 0.605. The number of aryl methyl sites for hydroxylation is 1. The predicted molar refractivity (Wildman–Crippen MR) is 234 cm³/mol. The maximum absolute atomic E-state index is 14.6. The van der Waals surface area contributed by atoms with Crippen LogP contribution in [-0.2, 0) is 46.5 Å². The van der Waals surface area contributed by atoms with Crippen molar-refractivity contribution in [3.63, 3.8) is 0 Å². The molecule has 356 valence electrons. The van der Waals surface area contributed by atoms with Crippen LogP contribution >= 0.6 is 0 Å². The van der Waals surface area contributed by atoms with Gasteiger partial charge in [-0.25, -0.2) is 0 Å². The maximum Gasteiger partial charge on any atom is 0.317 e. The molecule has 2 saturated heterocycles. The molecular formula is C43H64N12O10. The van der Waals surface area contributed by atoms with Crippen LogP contribution < -0.4 is 43.0 Å². The summed E-state index contributed by atoms with van der Waals surface area (Å²) in [5.74, 6) is -5.74. The highest BCUT2D eigenvalue weighted by Crippen LogP contribution is 2.29. The summed E-state index contributed by atoms with van der Waals surface area (Å²) in [6.45, 7) is 1.03. The number of nitrogens with zero attached hydrogens (tertiary/aromatic N) is 3. The van der Waals surface area contributed by atoms with Gasteiger partial charge >= 0.3 is 5.97 Å². The van der Waals surface area contributed by atoms with Gasteiger partial charge in [-0.15, -0.1) is 0 Å². The molecule has 1 aromatic heterocycles. The quantitative estimate of drug-likeness (QED) is 0.0500. The molecule has 0 spiro atoms. The predicted octanol–water partition coefficient (Wildman–Crippen LogP) is -2.51. The molecule has 2 aromatic rings. The number of carbonyl (C=O) groups excluding carboxylic acids is 6. The number of carboxylic acid groups (broad SMARTS) is 1. The SMILES string of the molecule is Cc1cnn(C[C@@H]2NC(=O)[C@@H](C[C@H]3CC[C@@H](O)CC3)NC(=O)[C@@H]3C[C@@H](O)CN3C(=O)[C@@H](NC(=O)[C@H](Cc3ccccc3)NCC(=O)O)CCCNC(=O)[C@H](CCCNC(=N)N)NC2=O)c1. The van der Waals surface area contributed by atoms with Gasteiger partial charge in [-0.05, 0) is 88.2 Å². The molecule has 5 rings (SSSR count). The van der Waals surface area contributed by atoms with E-state index in [1.807, 2.05) is 0 Å². The molecule has 6 amide bonds. The molecule has 13 N–H and O–H groups in total. The van der Waals surface area contributed by atoms with Crippen LogP contribution in [0.1, 0.15) is 75.3 Å². The number of aliphatic carboxylic acids is 1. The van der Waals surface area contributed by atoms with E-state index in [0.717, 1.165) is 10.5 Å². The second-order valence-corrected chi connectivity index (χ2v) is 17.2. The zero-order valence-corrected chi connectivity index (χ0v) is 36.7. The van der Waals surface area contributed by atoms with Crippen molar-refractivity contribution in [1.29, 1.82) is 5.41 Å². The van der Waals surface area contributed by atoms with Gasteiger partial charge in [-0.3, -0.25) is 49.0 Å². The van der Waals surface area contributed by atoms with Gasteiger partial charge < -0.3 is 57.9 Å². The van der Waals surface area contributed by atoms with Gasteiger partial charge in [0.05, 0.1) is 37.5 Å². The van der Waals surface area contributed by atoms with E-state index in [2.05, 4.69) is 42.3 Å². The first-order valence-electron chi connectivity index (χ1n) is 22.3. The molecule has 22 heteroatoms. The standard InChI is InChI=1S/C43H64N12O10/c1-25-20-49-54(22-25)24-34-40(63)50-30(9-5-16-47-43(44)45)37(60)46-15-6-10-31(51-38(61)32(48-21-36(58)59)17-26-7-3-2-4-8-26)42(65)55-23-29(57)19-35(55)41(64)52-33(39(62)53-34)18-27-11-13-28(56)14-12-27/h2-4,7-8,20,22,27-35,48,56-57H,5-6,9-19,21,23-24H2,1H3,(H,46,60)(H,50,63)(H,51,61)(H,52,64)(H,53,62)(H,58,59)(H4,44,45,47)/t27-,28+,29-,30+,31+,32+,33-,34+,35+/m1/s1. The summed E-state index contributed by atoms with van der Waals surface area (Å²) in [6.07, 6.45) is 4.19. The monoisotopic (exact) mass is 908 g/mol. The number of aromatic nitrogens is 2. The van der Waals surface area contributed by atoms with Crippen molar-refractivity contribution in [1.82, 2.24) is 51.9 Å². The molecule has 1 aromatic carbocycles. The fourth-order valence-electron chi connectivity index (χ4n) is 8.50. The first-order chi connectivity index (χ1) is 31.1. The van der Waals surface area contributed by atoms with E-state index in [4.69, 9.17) is 11.1 Å². The van der Waals surface area contributed by atoms with Crippen molar-refractivity contribution in [3.05, 3.63) is 53.9 Å². The summed E-state index contributed by atoms with van der Waals surface area (Å²) in [5.41, 5.74) is 6.96. The van der Waals surface area contributed by atoms with Crippen LogP contribution in [0, 0.1) is 18.3 Å². The Kier molecular flexibility index (Phi) is 18.6. The Balaban J connectivity index is 1.48. The van der Waals surface area contributed by atoms with Crippen LogP contribution in [0.5, 0.6) is 0 Å². The van der Waals surface area contributed by atoms with E-state index in [9.17, 15) is 48.9 Å². The number of benzene rings is 1. The molecule has 7 atom stereocenters. The van der Waals surface area contributed by atoms with Crippen LogP contribution in [0.2, 0.25) is 0 Å². The minimum absolute atomic E-state index is 0.0274. The van der Waals surface area contributed by atoms with Gasteiger partial charge in [0.1, 0.15) is 30.2 Å². The third-order valence-corrected chi connectivity index (χ3v) is 11.9. The number of amides is 6. The average Bonchev–Trinajstić information content (AvgIpc) is 3.88. The lowest BCUT2D eigenvalue weighted by atomic mass is 9.83. The Bertz CT molecular complexity index is 1980. The molecule has 1 aliphatic carbocycles. The highest BCUT2D eigenvalue weighted by atomic mass is 16.4. The number of guanidine groups is 1. The average molecular weight is 909 g/mol. The van der Waals surface area contributed by atoms with Gasteiger partial charge in [-0.2, -0.15) is 5.10 Å². The number of aliphatic hydroxyl groups excluding tert-OH is 2. The molecule has 3 fully saturated rings. The molecule has 2 aliphatic heterocycles. The first kappa shape index (κ1) is 49.9. The number of hydrogen-bond acceptors (Lipinski definition) is 12. The summed E-state index contributed by atoms with van der Waals surface area (Å²) in [7, 11) is 0. The van der Waals surface area contributed by atoms with E-state index >= 15 is 0 Å². The summed E-state index contributed by atoms with van der Waals surface area (Å²) in [6, 6.07) is 1.52. The summed E-state index contributed by atoms with van der Waals surface area (Å²) in [4.78, 5) is 98.1. The normalized spacial score (nSPS) is 26.6. The topological polar surface area (TPSA) is 335 Å². The molecule has 0 radical (unpaired) electrons. The van der Waals surface area contributed by atoms with Crippen LogP contribution in [0.25, 0.3) is 0 Å². The van der Waals surface area contributed by atoms with Crippen molar-refractivity contribution in [3.8, 4) is 0 Å². The Morgan fingerprint density at radius 1 is 0.923 bits per heavy atom. The molecule has 0 bridgehead atoms. The second-order valence-electron chi connectivity index (χ2n) is 17.2. The second kappa shape index (κ2) is 24.2. The van der Waals surface area contributed by atoms with Crippen LogP contribution in [0.4, 0.5) is 0 Å². The van der Waals surface area contributed by atoms with Crippen LogP contribution in [0.15, 0.2) is 42.7 Å². The van der Waals surface area contributed by atoms with Crippen molar-refractivity contribution < 1.29 is 48.9 Å². The van der Waals surface area contributed by atoms with Crippen molar-refractivity contribution in [2.45, 2.75) is 133 Å². The Labute approximate surface area is 377 Å². The Morgan fingerprint density at radius 3 is 2.29 bits per heavy atom. The van der Waals surface area contributed by atoms with Crippen LogP contribution in [0.3, 0.4) is 0 Å². The highest BCUT2D eigenvalue weighted by molar-refractivity contribution is 5.97. The first-order valence-corrected chi connectivity index (χ1v) is 22.3. The zero-order valence-electron chi connectivity index (χ0n) is 36.7. The lowest BCUT2D eigenvalue weighted by Gasteiger charge is -2.32. The lowest BCUT2D eigenvalue weighted by molar-refractivity contribution is -0.143. The summed E-state index contributed by atoms with van der Waals surface area (Å²) < 4.78 is 1.47. The van der Waals surface area contributed by atoms with Gasteiger partial charge in [-0.1, -0.05) is 30.3 Å². The number of carbonyl (C=O) groups is 7. The largest absolute Gasteiger partial charge is 0.480 e. The maximum atomic E-state index is 14.6. The fourth-order valence-corrected chi connectivity index (χ4v) is 8.50. The molecule has 1 saturated carbocycles. The van der Waals surface area contributed by atoms with E-state index in [1.54, 1.807) is 49.6 Å². The number of aliphatic hydroxyl groups is 2. The van der Waals surface area contributed by atoms with E-state index in [-0.39, 0.29) is 76.6 Å². The smallest absolute Gasteiger partial charge is 0.317 e. The number of hydrogen-bond donors (Lipinski definition) is 12. The number of nitrogens with one attached hydrogen (secondary N) is 8. The molecule has 3 heterocycles. The van der Waals surface area contributed by atoms with E-state index in [1.165, 1.54) is 4.68 Å². The Hall–Kier alpha value is -6.13. The molecule has 22 nitrogen and oxygen atoms in total. The molecule has 65 heavy (non-hydrogen) atoms. The van der Waals surface area contributed by atoms with Crippen molar-refractivity contribution in [2.24, 2.45) is 11.7 Å². The molecular weight excluding hydrogens is 845 g/mol. The third kappa shape index (κ3) is 15.5. The third-order valence-electron chi connectivity index (χ3n) is 11.9. The van der Waals surface area contributed by atoms with Crippen molar-refractivity contribution in [2.75, 3.05) is 26.2 Å². The summed E-state index contributed by atoms with van der Waals surface area (Å²) >= 11 is 0. The van der Waals surface area contributed by atoms with E-state index < -0.39 is 96.4 Å². The molecule has 0 unspecified atom stereocenters. The van der Waals surface area contributed by atoms with E-state index in [0.29, 0.717) is 37.7 Å². The Morgan fingerprint density at radius 2 is 1.62 bits per heavy atom. The minimum Gasteiger partial charge on any atom is -0.480 e. The number of carboxylic acids is 1. The zero-order chi connectivity index (χ0) is 47.0. The van der Waals surface area contributed by atoms with Gasteiger partial charge in [0.25, 0.3) is 0 Å². The molecule has 3 aliphatic rings. The number of nitrogens with two attached hydrogens (primary N) is 1. The van der Waals surface area contributed by atoms with Gasteiger partial charge in [0.15, 0.2) is 5.96 Å². The number of fused-ring (bicyclic) bond motifs is 1. The van der Waals surface area contributed by atoms with Crippen molar-refractivity contribution >= 4 is 47.4 Å². The van der Waals surface area contributed by atoms with Gasteiger partial charge in [0, 0.05) is 32.3 Å². The lowest BCUT2D eigenvalue weighted by Crippen LogP contribution is -2.60. The number of rotatable bonds is 15. The van der Waals surface area contributed by atoms with Crippen LogP contribution in [-0.4, -0.2) is 152 Å². The summed E-state index contributed by atoms with van der Waals surface area (Å²) in [5, 5.41) is 61.7. The van der Waals surface area contributed by atoms with Gasteiger partial charge in [0.2, 0.25) is 35.4 Å².